The number of amides is 2. The predicted octanol–water partition coefficient (Wildman–Crippen LogP) is 2.47. The normalized spacial score (nSPS) is 17.6. The quantitative estimate of drug-likeness (QED) is 0.893. The molecular weight excluding hydrogens is 272 g/mol. The van der Waals surface area contributed by atoms with E-state index < -0.39 is 5.97 Å². The summed E-state index contributed by atoms with van der Waals surface area (Å²) in [5.41, 5.74) is 1.61. The van der Waals surface area contributed by atoms with Crippen molar-refractivity contribution in [3.63, 3.8) is 0 Å². The summed E-state index contributed by atoms with van der Waals surface area (Å²) < 4.78 is 5.18. The first-order valence-electron chi connectivity index (χ1n) is 6.95. The van der Waals surface area contributed by atoms with Crippen molar-refractivity contribution >= 4 is 17.7 Å². The topological polar surface area (TPSA) is 78.9 Å². The standard InChI is InChI=1S/C15H20N2O4/c1-10-8-11(5-6-13(10)21-2)16-15(20)17-7-3-4-12(17)9-14(18)19/h5-6,8,12H,3-4,7,9H2,1-2H3,(H,16,20)(H,18,19). The van der Waals surface area contributed by atoms with Crippen LogP contribution in [0.15, 0.2) is 18.2 Å². The second kappa shape index (κ2) is 6.47. The minimum absolute atomic E-state index is 0.00490. The van der Waals surface area contributed by atoms with Crippen molar-refractivity contribution in [3.8, 4) is 5.75 Å². The SMILES string of the molecule is COc1ccc(NC(=O)N2CCCC2CC(=O)O)cc1C. The first-order chi connectivity index (χ1) is 10.0. The zero-order valence-electron chi connectivity index (χ0n) is 12.3. The molecule has 1 aromatic rings. The molecule has 1 aromatic carbocycles. The molecule has 1 heterocycles. The summed E-state index contributed by atoms with van der Waals surface area (Å²) >= 11 is 0. The highest BCUT2D eigenvalue weighted by Crippen LogP contribution is 2.24. The lowest BCUT2D eigenvalue weighted by Crippen LogP contribution is -2.39. The Balaban J connectivity index is 2.03. The largest absolute Gasteiger partial charge is 0.496 e. The van der Waals surface area contributed by atoms with E-state index >= 15 is 0 Å². The van der Waals surface area contributed by atoms with Crippen molar-refractivity contribution in [2.24, 2.45) is 0 Å². The number of benzene rings is 1. The number of methoxy groups -OCH3 is 1. The lowest BCUT2D eigenvalue weighted by molar-refractivity contribution is -0.137. The Kier molecular flexibility index (Phi) is 4.67. The third-order valence-electron chi connectivity index (χ3n) is 3.69. The number of nitrogens with one attached hydrogen (secondary N) is 1. The van der Waals surface area contributed by atoms with Gasteiger partial charge in [0.2, 0.25) is 0 Å². The molecule has 2 N–H and O–H groups in total. The van der Waals surface area contributed by atoms with Gasteiger partial charge in [-0.25, -0.2) is 4.79 Å². The average molecular weight is 292 g/mol. The maximum absolute atomic E-state index is 12.3. The third-order valence-corrected chi connectivity index (χ3v) is 3.69. The number of carbonyl (C=O) groups is 2. The van der Waals surface area contributed by atoms with E-state index in [1.165, 1.54) is 0 Å². The summed E-state index contributed by atoms with van der Waals surface area (Å²) in [7, 11) is 1.60. The smallest absolute Gasteiger partial charge is 0.322 e. The lowest BCUT2D eigenvalue weighted by Gasteiger charge is -2.24. The van der Waals surface area contributed by atoms with Crippen LogP contribution >= 0.6 is 0 Å². The molecule has 1 unspecified atom stereocenters. The molecule has 0 aromatic heterocycles. The van der Waals surface area contributed by atoms with Crippen LogP contribution in [0.4, 0.5) is 10.5 Å². The van der Waals surface area contributed by atoms with Crippen molar-refractivity contribution in [1.82, 2.24) is 4.90 Å². The van der Waals surface area contributed by atoms with Gasteiger partial charge >= 0.3 is 12.0 Å². The van der Waals surface area contributed by atoms with Gasteiger partial charge < -0.3 is 20.1 Å². The van der Waals surface area contributed by atoms with Gasteiger partial charge in [0.1, 0.15) is 5.75 Å². The Morgan fingerprint density at radius 2 is 2.24 bits per heavy atom. The zero-order valence-corrected chi connectivity index (χ0v) is 12.3. The van der Waals surface area contributed by atoms with Crippen LogP contribution in [0.5, 0.6) is 5.75 Å². The number of urea groups is 1. The molecule has 1 atom stereocenters. The second-order valence-electron chi connectivity index (χ2n) is 5.20. The maximum Gasteiger partial charge on any atom is 0.322 e. The Morgan fingerprint density at radius 3 is 2.86 bits per heavy atom. The lowest BCUT2D eigenvalue weighted by atomic mass is 10.1. The van der Waals surface area contributed by atoms with E-state index in [2.05, 4.69) is 5.32 Å². The predicted molar refractivity (Wildman–Crippen MR) is 78.7 cm³/mol. The molecule has 0 saturated carbocycles. The molecule has 21 heavy (non-hydrogen) atoms. The molecule has 1 fully saturated rings. The van der Waals surface area contributed by atoms with Gasteiger partial charge in [0.05, 0.1) is 13.5 Å². The molecular formula is C15H20N2O4. The van der Waals surface area contributed by atoms with Gasteiger partial charge in [-0.15, -0.1) is 0 Å². The highest BCUT2D eigenvalue weighted by Gasteiger charge is 2.30. The van der Waals surface area contributed by atoms with E-state index in [1.807, 2.05) is 13.0 Å². The van der Waals surface area contributed by atoms with Crippen LogP contribution in [0.25, 0.3) is 0 Å². The summed E-state index contributed by atoms with van der Waals surface area (Å²) in [6.07, 6.45) is 1.57. The van der Waals surface area contributed by atoms with Gasteiger partial charge in [-0.05, 0) is 43.5 Å². The van der Waals surface area contributed by atoms with Crippen LogP contribution in [0.2, 0.25) is 0 Å². The number of carbonyl (C=O) groups excluding carboxylic acids is 1. The number of hydrogen-bond acceptors (Lipinski definition) is 3. The van der Waals surface area contributed by atoms with E-state index in [1.54, 1.807) is 24.1 Å². The Labute approximate surface area is 123 Å². The molecule has 0 aliphatic carbocycles. The van der Waals surface area contributed by atoms with Gasteiger partial charge in [0.25, 0.3) is 0 Å². The number of anilines is 1. The summed E-state index contributed by atoms with van der Waals surface area (Å²) in [6.45, 7) is 2.50. The van der Waals surface area contributed by atoms with Crippen molar-refractivity contribution in [2.45, 2.75) is 32.2 Å². The molecule has 114 valence electrons. The minimum atomic E-state index is -0.875. The highest BCUT2D eigenvalue weighted by molar-refractivity contribution is 5.90. The Hall–Kier alpha value is -2.24. The number of aliphatic carboxylic acids is 1. The molecule has 2 rings (SSSR count). The molecule has 1 aliphatic rings. The van der Waals surface area contributed by atoms with Crippen LogP contribution in [0.1, 0.15) is 24.8 Å². The van der Waals surface area contributed by atoms with Crippen LogP contribution in [0.3, 0.4) is 0 Å². The van der Waals surface area contributed by atoms with Crippen molar-refractivity contribution in [3.05, 3.63) is 23.8 Å². The first kappa shape index (κ1) is 15.2. The first-order valence-corrected chi connectivity index (χ1v) is 6.95. The maximum atomic E-state index is 12.3. The third kappa shape index (κ3) is 3.65. The number of hydrogen-bond donors (Lipinski definition) is 2. The van der Waals surface area contributed by atoms with E-state index in [0.29, 0.717) is 12.2 Å². The van der Waals surface area contributed by atoms with Crippen molar-refractivity contribution in [2.75, 3.05) is 19.0 Å². The van der Waals surface area contributed by atoms with Gasteiger partial charge in [-0.3, -0.25) is 4.79 Å². The number of ether oxygens (including phenoxy) is 1. The molecule has 6 heteroatoms. The highest BCUT2D eigenvalue weighted by atomic mass is 16.5. The van der Waals surface area contributed by atoms with Crippen molar-refractivity contribution < 1.29 is 19.4 Å². The van der Waals surface area contributed by atoms with Crippen LogP contribution in [-0.4, -0.2) is 41.7 Å². The second-order valence-corrected chi connectivity index (χ2v) is 5.20. The fraction of sp³-hybridized carbons (Fsp3) is 0.467. The number of aryl methyl sites for hydroxylation is 1. The number of carboxylic acid groups (broad SMARTS) is 1. The van der Waals surface area contributed by atoms with Crippen LogP contribution < -0.4 is 10.1 Å². The summed E-state index contributed by atoms with van der Waals surface area (Å²) in [4.78, 5) is 24.7. The van der Waals surface area contributed by atoms with Crippen LogP contribution in [0, 0.1) is 6.92 Å². The number of carboxylic acids is 1. The molecule has 0 bridgehead atoms. The molecule has 1 saturated heterocycles. The Morgan fingerprint density at radius 1 is 1.48 bits per heavy atom. The number of rotatable bonds is 4. The van der Waals surface area contributed by atoms with E-state index in [-0.39, 0.29) is 18.5 Å². The van der Waals surface area contributed by atoms with Gasteiger partial charge in [0.15, 0.2) is 0 Å². The van der Waals surface area contributed by atoms with E-state index in [9.17, 15) is 9.59 Å². The zero-order chi connectivity index (χ0) is 15.4. The van der Waals surface area contributed by atoms with Crippen molar-refractivity contribution in [1.29, 1.82) is 0 Å². The molecule has 2 amide bonds. The average Bonchev–Trinajstić information content (AvgIpc) is 2.86. The van der Waals surface area contributed by atoms with Gasteiger partial charge in [-0.1, -0.05) is 0 Å². The Bertz CT molecular complexity index is 544. The summed E-state index contributed by atoms with van der Waals surface area (Å²) in [5, 5.41) is 11.7. The van der Waals surface area contributed by atoms with E-state index in [0.717, 1.165) is 24.2 Å². The van der Waals surface area contributed by atoms with E-state index in [4.69, 9.17) is 9.84 Å². The molecule has 1 aliphatic heterocycles. The fourth-order valence-electron chi connectivity index (χ4n) is 2.67. The summed E-state index contributed by atoms with van der Waals surface area (Å²) in [6, 6.07) is 4.93. The number of likely N-dealkylation sites (tertiary alicyclic amines) is 1. The minimum Gasteiger partial charge on any atom is -0.496 e. The van der Waals surface area contributed by atoms with Gasteiger partial charge in [0, 0.05) is 18.3 Å². The van der Waals surface area contributed by atoms with Gasteiger partial charge in [-0.2, -0.15) is 0 Å². The number of nitrogens with zero attached hydrogens (tertiary/aromatic N) is 1. The fourth-order valence-corrected chi connectivity index (χ4v) is 2.67. The molecule has 0 spiro atoms. The summed E-state index contributed by atoms with van der Waals surface area (Å²) in [5.74, 6) is -0.113. The molecule has 0 radical (unpaired) electrons. The monoisotopic (exact) mass is 292 g/mol. The van der Waals surface area contributed by atoms with Crippen LogP contribution in [-0.2, 0) is 4.79 Å². The molecule has 6 nitrogen and oxygen atoms in total.